The molecule has 0 aliphatic carbocycles. The number of hydrogen-bond donors (Lipinski definition) is 1. The summed E-state index contributed by atoms with van der Waals surface area (Å²) in [5.74, 6) is -1.31. The second kappa shape index (κ2) is 4.98. The van der Waals surface area contributed by atoms with Crippen molar-refractivity contribution < 1.29 is 23.1 Å². The lowest BCUT2D eigenvalue weighted by Gasteiger charge is -2.10. The summed E-state index contributed by atoms with van der Waals surface area (Å²) in [5.41, 5.74) is -5.13. The van der Waals surface area contributed by atoms with E-state index in [4.69, 9.17) is 10.4 Å². The molecule has 0 bridgehead atoms. The first-order valence-corrected chi connectivity index (χ1v) is 5.58. The average molecular weight is 326 g/mol. The van der Waals surface area contributed by atoms with Gasteiger partial charge in [0.1, 0.15) is 6.07 Å². The maximum absolute atomic E-state index is 12.2. The third-order valence-corrected chi connectivity index (χ3v) is 3.39. The van der Waals surface area contributed by atoms with Gasteiger partial charge in [0.05, 0.1) is 11.1 Å². The average Bonchev–Trinajstić information content (AvgIpc) is 2.18. The van der Waals surface area contributed by atoms with Gasteiger partial charge in [-0.2, -0.15) is 18.4 Å². The molecular weight excluding hydrogens is 323 g/mol. The molecule has 3 nitrogen and oxygen atoms in total. The molecule has 1 aromatic carbocycles. The molecule has 0 saturated heterocycles. The fourth-order valence-corrected chi connectivity index (χ4v) is 2.32. The molecule has 0 aliphatic heterocycles. The molecule has 8 heteroatoms. The minimum absolute atomic E-state index is 0.0729. The standard InChI is InChI=1S/C9H3BrF3NO2S/c10-6-2-4(8(15)16)1-5(3-14)7(6)17-9(11,12)13/h1-2H,(H,15,16). The van der Waals surface area contributed by atoms with Crippen LogP contribution < -0.4 is 0 Å². The van der Waals surface area contributed by atoms with E-state index in [-0.39, 0.29) is 20.5 Å². The van der Waals surface area contributed by atoms with E-state index in [9.17, 15) is 18.0 Å². The normalized spacial score (nSPS) is 11.0. The highest BCUT2D eigenvalue weighted by Crippen LogP contribution is 2.42. The summed E-state index contributed by atoms with van der Waals surface area (Å²) in [6, 6.07) is 3.47. The number of alkyl halides is 3. The van der Waals surface area contributed by atoms with Crippen LogP contribution in [0.15, 0.2) is 21.5 Å². The van der Waals surface area contributed by atoms with Gasteiger partial charge in [0.25, 0.3) is 0 Å². The Kier molecular flexibility index (Phi) is 4.06. The van der Waals surface area contributed by atoms with Crippen LogP contribution in [0.1, 0.15) is 15.9 Å². The van der Waals surface area contributed by atoms with Gasteiger partial charge in [0, 0.05) is 9.37 Å². The first kappa shape index (κ1) is 13.9. The zero-order chi connectivity index (χ0) is 13.2. The molecule has 0 aliphatic rings. The molecule has 0 spiro atoms. The predicted molar refractivity (Wildman–Crippen MR) is 57.7 cm³/mol. The Hall–Kier alpha value is -1.20. The second-order valence-corrected chi connectivity index (χ2v) is 4.73. The maximum Gasteiger partial charge on any atom is 0.446 e. The van der Waals surface area contributed by atoms with Crippen molar-refractivity contribution in [2.75, 3.05) is 0 Å². The lowest BCUT2D eigenvalue weighted by Crippen LogP contribution is -2.03. The second-order valence-electron chi connectivity index (χ2n) is 2.80. The number of carboxylic acid groups (broad SMARTS) is 1. The summed E-state index contributed by atoms with van der Waals surface area (Å²) < 4.78 is 36.6. The summed E-state index contributed by atoms with van der Waals surface area (Å²) in [4.78, 5) is 10.3. The highest BCUT2D eigenvalue weighted by molar-refractivity contribution is 9.10. The van der Waals surface area contributed by atoms with Crippen LogP contribution in [0.25, 0.3) is 0 Å². The molecule has 0 amide bonds. The molecule has 1 aromatic rings. The number of carboxylic acids is 1. The van der Waals surface area contributed by atoms with E-state index in [1.165, 1.54) is 0 Å². The molecule has 0 radical (unpaired) electrons. The third kappa shape index (κ3) is 3.64. The van der Waals surface area contributed by atoms with Crippen LogP contribution in [-0.2, 0) is 0 Å². The largest absolute Gasteiger partial charge is 0.478 e. The van der Waals surface area contributed by atoms with Crippen LogP contribution in [0.5, 0.6) is 0 Å². The van der Waals surface area contributed by atoms with E-state index >= 15 is 0 Å². The van der Waals surface area contributed by atoms with Crippen molar-refractivity contribution in [2.24, 2.45) is 0 Å². The molecule has 0 unspecified atom stereocenters. The van der Waals surface area contributed by atoms with E-state index in [0.29, 0.717) is 0 Å². The predicted octanol–water partition coefficient (Wildman–Crippen LogP) is 3.63. The van der Waals surface area contributed by atoms with Gasteiger partial charge in [-0.05, 0) is 39.8 Å². The fourth-order valence-electron chi connectivity index (χ4n) is 1.02. The number of nitrogens with zero attached hydrogens (tertiary/aromatic N) is 1. The van der Waals surface area contributed by atoms with Crippen LogP contribution in [0.3, 0.4) is 0 Å². The van der Waals surface area contributed by atoms with Gasteiger partial charge in [0.15, 0.2) is 0 Å². The number of hydrogen-bond acceptors (Lipinski definition) is 3. The molecule has 17 heavy (non-hydrogen) atoms. The highest BCUT2D eigenvalue weighted by Gasteiger charge is 2.32. The van der Waals surface area contributed by atoms with E-state index in [0.717, 1.165) is 12.1 Å². The Bertz CT molecular complexity index is 510. The Morgan fingerprint density at radius 2 is 2.06 bits per heavy atom. The van der Waals surface area contributed by atoms with Gasteiger partial charge in [0.2, 0.25) is 0 Å². The Morgan fingerprint density at radius 3 is 2.47 bits per heavy atom. The molecular formula is C9H3BrF3NO2S. The van der Waals surface area contributed by atoms with Crippen LogP contribution >= 0.6 is 27.7 Å². The lowest BCUT2D eigenvalue weighted by molar-refractivity contribution is -0.0328. The van der Waals surface area contributed by atoms with E-state index in [1.807, 2.05) is 0 Å². The zero-order valence-corrected chi connectivity index (χ0v) is 10.3. The number of carbonyl (C=O) groups is 1. The molecule has 1 rings (SSSR count). The highest BCUT2D eigenvalue weighted by atomic mass is 79.9. The first-order valence-electron chi connectivity index (χ1n) is 3.97. The van der Waals surface area contributed by atoms with E-state index in [1.54, 1.807) is 6.07 Å². The smallest absolute Gasteiger partial charge is 0.446 e. The van der Waals surface area contributed by atoms with Gasteiger partial charge in [-0.15, -0.1) is 0 Å². The molecule has 0 saturated carbocycles. The summed E-state index contributed by atoms with van der Waals surface area (Å²) in [5, 5.41) is 17.4. The van der Waals surface area contributed by atoms with Crippen LogP contribution in [0.2, 0.25) is 0 Å². The lowest BCUT2D eigenvalue weighted by atomic mass is 10.1. The van der Waals surface area contributed by atoms with Crippen LogP contribution in [0, 0.1) is 11.3 Å². The van der Waals surface area contributed by atoms with Gasteiger partial charge < -0.3 is 5.11 Å². The molecule has 0 aromatic heterocycles. The molecule has 0 atom stereocenters. The minimum atomic E-state index is -4.54. The Morgan fingerprint density at radius 1 is 1.47 bits per heavy atom. The number of halogens is 4. The SMILES string of the molecule is N#Cc1cc(C(=O)O)cc(Br)c1SC(F)(F)F. The Labute approximate surface area is 106 Å². The number of rotatable bonds is 2. The molecule has 0 heterocycles. The van der Waals surface area contributed by atoms with Crippen LogP contribution in [-0.4, -0.2) is 16.6 Å². The van der Waals surface area contributed by atoms with Gasteiger partial charge in [-0.25, -0.2) is 4.79 Å². The van der Waals surface area contributed by atoms with Crippen molar-refractivity contribution >= 4 is 33.7 Å². The van der Waals surface area contributed by atoms with Crippen molar-refractivity contribution in [1.29, 1.82) is 5.26 Å². The van der Waals surface area contributed by atoms with E-state index < -0.39 is 23.2 Å². The number of benzene rings is 1. The quantitative estimate of drug-likeness (QED) is 0.843. The molecule has 90 valence electrons. The number of thioether (sulfide) groups is 1. The monoisotopic (exact) mass is 325 g/mol. The molecule has 1 N–H and O–H groups in total. The zero-order valence-electron chi connectivity index (χ0n) is 7.88. The fraction of sp³-hybridized carbons (Fsp3) is 0.111. The van der Waals surface area contributed by atoms with Crippen molar-refractivity contribution in [3.8, 4) is 6.07 Å². The minimum Gasteiger partial charge on any atom is -0.478 e. The summed E-state index contributed by atoms with van der Waals surface area (Å²) in [7, 11) is 0. The summed E-state index contributed by atoms with van der Waals surface area (Å²) in [6.45, 7) is 0. The van der Waals surface area contributed by atoms with Gasteiger partial charge in [-0.3, -0.25) is 0 Å². The van der Waals surface area contributed by atoms with Crippen LogP contribution in [0.4, 0.5) is 13.2 Å². The van der Waals surface area contributed by atoms with Crippen molar-refractivity contribution in [3.05, 3.63) is 27.7 Å². The van der Waals surface area contributed by atoms with Crippen molar-refractivity contribution in [2.45, 2.75) is 10.4 Å². The first-order chi connectivity index (χ1) is 7.74. The topological polar surface area (TPSA) is 61.1 Å². The summed E-state index contributed by atoms with van der Waals surface area (Å²) in [6.07, 6.45) is 0. The Balaban J connectivity index is 3.33. The van der Waals surface area contributed by atoms with E-state index in [2.05, 4.69) is 15.9 Å². The van der Waals surface area contributed by atoms with Crippen molar-refractivity contribution in [3.63, 3.8) is 0 Å². The third-order valence-electron chi connectivity index (χ3n) is 1.63. The van der Waals surface area contributed by atoms with Gasteiger partial charge in [-0.1, -0.05) is 0 Å². The van der Waals surface area contributed by atoms with Crippen molar-refractivity contribution in [1.82, 2.24) is 0 Å². The summed E-state index contributed by atoms with van der Waals surface area (Å²) >= 11 is 2.36. The number of aromatic carboxylic acids is 1. The maximum atomic E-state index is 12.2. The number of nitriles is 1. The molecule has 0 fully saturated rings. The van der Waals surface area contributed by atoms with Gasteiger partial charge >= 0.3 is 11.5 Å².